The van der Waals surface area contributed by atoms with Crippen molar-refractivity contribution < 1.29 is 29.0 Å². The van der Waals surface area contributed by atoms with E-state index in [0.717, 1.165) is 5.56 Å². The summed E-state index contributed by atoms with van der Waals surface area (Å²) in [6.45, 7) is 6.46. The number of aliphatic hydroxyl groups excluding tert-OH is 1. The first-order valence-corrected chi connectivity index (χ1v) is 12.2. The Hall–Kier alpha value is -3.24. The maximum absolute atomic E-state index is 13.6. The molecule has 3 N–H and O–H groups in total. The van der Waals surface area contributed by atoms with E-state index >= 15 is 0 Å². The number of thiol groups is 1. The van der Waals surface area contributed by atoms with Crippen molar-refractivity contribution in [3.05, 3.63) is 59.7 Å². The third kappa shape index (κ3) is 8.46. The van der Waals surface area contributed by atoms with Crippen LogP contribution in [-0.2, 0) is 14.3 Å². The van der Waals surface area contributed by atoms with Gasteiger partial charge in [-0.1, -0.05) is 29.8 Å². The second kappa shape index (κ2) is 13.2. The SMILES string of the molecule is COc1ccc(NC(=O)C(c2cccc(C)c2)N(CCO)C(=O)C(CS)NC(=O)OC(C)(C)C)cc1. The first kappa shape index (κ1) is 29.0. The van der Waals surface area contributed by atoms with E-state index < -0.39 is 42.2 Å². The van der Waals surface area contributed by atoms with E-state index in [4.69, 9.17) is 9.47 Å². The molecule has 0 aliphatic carbocycles. The molecular weight excluding hydrogens is 482 g/mol. The third-order valence-electron chi connectivity index (χ3n) is 5.07. The van der Waals surface area contributed by atoms with Crippen LogP contribution in [0.25, 0.3) is 0 Å². The Kier molecular flexibility index (Phi) is 10.6. The average molecular weight is 518 g/mol. The molecule has 2 aromatic rings. The van der Waals surface area contributed by atoms with Gasteiger partial charge in [-0.2, -0.15) is 12.6 Å². The van der Waals surface area contributed by atoms with Crippen molar-refractivity contribution in [3.8, 4) is 5.75 Å². The maximum atomic E-state index is 13.6. The fourth-order valence-electron chi connectivity index (χ4n) is 3.51. The summed E-state index contributed by atoms with van der Waals surface area (Å²) in [4.78, 5) is 40.8. The predicted molar refractivity (Wildman–Crippen MR) is 141 cm³/mol. The van der Waals surface area contributed by atoms with Crippen LogP contribution in [0, 0.1) is 6.92 Å². The molecule has 36 heavy (non-hydrogen) atoms. The van der Waals surface area contributed by atoms with Crippen LogP contribution in [0.1, 0.15) is 37.9 Å². The summed E-state index contributed by atoms with van der Waals surface area (Å²) in [6, 6.07) is 11.8. The Balaban J connectivity index is 2.41. The van der Waals surface area contributed by atoms with Crippen molar-refractivity contribution in [3.63, 3.8) is 0 Å². The van der Waals surface area contributed by atoms with E-state index in [1.54, 1.807) is 70.3 Å². The topological polar surface area (TPSA) is 117 Å². The van der Waals surface area contributed by atoms with Crippen LogP contribution < -0.4 is 15.4 Å². The Labute approximate surface area is 217 Å². The second-order valence-corrected chi connectivity index (χ2v) is 9.54. The molecule has 0 aliphatic rings. The van der Waals surface area contributed by atoms with Crippen molar-refractivity contribution in [1.29, 1.82) is 0 Å². The lowest BCUT2D eigenvalue weighted by Gasteiger charge is -2.34. The molecule has 10 heteroatoms. The third-order valence-corrected chi connectivity index (χ3v) is 5.44. The number of aryl methyl sites for hydroxylation is 1. The minimum Gasteiger partial charge on any atom is -0.497 e. The molecule has 0 saturated heterocycles. The van der Waals surface area contributed by atoms with Gasteiger partial charge in [0.05, 0.1) is 13.7 Å². The van der Waals surface area contributed by atoms with Crippen LogP contribution in [0.15, 0.2) is 48.5 Å². The van der Waals surface area contributed by atoms with Crippen LogP contribution in [0.2, 0.25) is 0 Å². The zero-order valence-corrected chi connectivity index (χ0v) is 22.2. The molecule has 2 aromatic carbocycles. The quantitative estimate of drug-likeness (QED) is 0.359. The zero-order chi connectivity index (χ0) is 26.9. The Bertz CT molecular complexity index is 1040. The van der Waals surface area contributed by atoms with Gasteiger partial charge in [0.2, 0.25) is 5.91 Å². The lowest BCUT2D eigenvalue weighted by Crippen LogP contribution is -2.53. The van der Waals surface area contributed by atoms with Gasteiger partial charge in [-0.25, -0.2) is 4.79 Å². The molecular formula is C26H35N3O6S. The number of alkyl carbamates (subject to hydrolysis) is 1. The Morgan fingerprint density at radius 3 is 2.31 bits per heavy atom. The number of methoxy groups -OCH3 is 1. The maximum Gasteiger partial charge on any atom is 0.408 e. The number of hydrogen-bond acceptors (Lipinski definition) is 7. The Morgan fingerprint density at radius 2 is 1.78 bits per heavy atom. The molecule has 0 heterocycles. The summed E-state index contributed by atoms with van der Waals surface area (Å²) in [7, 11) is 1.54. The Morgan fingerprint density at radius 1 is 1.11 bits per heavy atom. The highest BCUT2D eigenvalue weighted by Gasteiger charge is 2.35. The first-order valence-electron chi connectivity index (χ1n) is 11.5. The normalized spacial score (nSPS) is 12.8. The van der Waals surface area contributed by atoms with E-state index in [1.165, 1.54) is 4.90 Å². The molecule has 0 spiro atoms. The summed E-state index contributed by atoms with van der Waals surface area (Å²) < 4.78 is 10.4. The largest absolute Gasteiger partial charge is 0.497 e. The predicted octanol–water partition coefficient (Wildman–Crippen LogP) is 3.33. The first-order chi connectivity index (χ1) is 17.0. The molecule has 3 amide bonds. The summed E-state index contributed by atoms with van der Waals surface area (Å²) in [6.07, 6.45) is -0.784. The number of anilines is 1. The lowest BCUT2D eigenvalue weighted by atomic mass is 10.0. The molecule has 0 aromatic heterocycles. The van der Waals surface area contributed by atoms with E-state index in [-0.39, 0.29) is 12.3 Å². The lowest BCUT2D eigenvalue weighted by molar-refractivity contribution is -0.140. The number of hydrogen-bond donors (Lipinski definition) is 4. The van der Waals surface area contributed by atoms with Crippen molar-refractivity contribution in [2.75, 3.05) is 31.3 Å². The van der Waals surface area contributed by atoms with Crippen LogP contribution in [0.4, 0.5) is 10.5 Å². The summed E-state index contributed by atoms with van der Waals surface area (Å²) >= 11 is 4.23. The molecule has 2 unspecified atom stereocenters. The number of nitrogens with one attached hydrogen (secondary N) is 2. The smallest absolute Gasteiger partial charge is 0.408 e. The number of benzene rings is 2. The van der Waals surface area contributed by atoms with Crippen LogP contribution in [0.3, 0.4) is 0 Å². The number of carbonyl (C=O) groups excluding carboxylic acids is 3. The van der Waals surface area contributed by atoms with E-state index in [9.17, 15) is 19.5 Å². The van der Waals surface area contributed by atoms with Gasteiger partial charge in [-0.3, -0.25) is 9.59 Å². The number of nitrogens with zero attached hydrogens (tertiary/aromatic N) is 1. The molecule has 2 rings (SSSR count). The standard InChI is InChI=1S/C26H35N3O6S/c1-17-7-6-8-18(15-17)22(23(31)27-19-9-11-20(34-5)12-10-19)29(13-14-30)24(32)21(16-36)28-25(33)35-26(2,3)4/h6-12,15,21-22,30,36H,13-14,16H2,1-5H3,(H,27,31)(H,28,33). The second-order valence-electron chi connectivity index (χ2n) is 9.17. The van der Waals surface area contributed by atoms with Gasteiger partial charge >= 0.3 is 6.09 Å². The number of ether oxygens (including phenoxy) is 2. The highest BCUT2D eigenvalue weighted by atomic mass is 32.1. The molecule has 0 fully saturated rings. The van der Waals surface area contributed by atoms with Crippen LogP contribution in [0.5, 0.6) is 5.75 Å². The van der Waals surface area contributed by atoms with Gasteiger partial charge in [0.1, 0.15) is 23.4 Å². The average Bonchev–Trinajstić information content (AvgIpc) is 2.81. The summed E-state index contributed by atoms with van der Waals surface area (Å²) in [5.74, 6) is -0.477. The molecule has 9 nitrogen and oxygen atoms in total. The molecule has 196 valence electrons. The minimum absolute atomic E-state index is 0.0410. The van der Waals surface area contributed by atoms with Crippen molar-refractivity contribution in [2.24, 2.45) is 0 Å². The van der Waals surface area contributed by atoms with Crippen LogP contribution in [-0.4, -0.2) is 65.6 Å². The van der Waals surface area contributed by atoms with Crippen molar-refractivity contribution in [1.82, 2.24) is 10.2 Å². The van der Waals surface area contributed by atoms with Crippen molar-refractivity contribution in [2.45, 2.75) is 45.4 Å². The molecule has 0 saturated carbocycles. The van der Waals surface area contributed by atoms with E-state index in [1.807, 2.05) is 13.0 Å². The summed E-state index contributed by atoms with van der Waals surface area (Å²) in [5.41, 5.74) is 1.19. The zero-order valence-electron chi connectivity index (χ0n) is 21.3. The number of rotatable bonds is 10. The van der Waals surface area contributed by atoms with Gasteiger partial charge in [0.25, 0.3) is 5.91 Å². The molecule has 0 bridgehead atoms. The fourth-order valence-corrected chi connectivity index (χ4v) is 3.76. The fraction of sp³-hybridized carbons (Fsp3) is 0.423. The number of carbonyl (C=O) groups is 3. The molecule has 0 aliphatic heterocycles. The van der Waals surface area contributed by atoms with Gasteiger partial charge in [-0.05, 0) is 57.5 Å². The van der Waals surface area contributed by atoms with E-state index in [0.29, 0.717) is 17.0 Å². The summed E-state index contributed by atoms with van der Waals surface area (Å²) in [5, 5.41) is 15.1. The van der Waals surface area contributed by atoms with E-state index in [2.05, 4.69) is 23.3 Å². The van der Waals surface area contributed by atoms with Crippen molar-refractivity contribution >= 4 is 36.2 Å². The van der Waals surface area contributed by atoms with Crippen LogP contribution >= 0.6 is 12.6 Å². The van der Waals surface area contributed by atoms with Gasteiger partial charge in [-0.15, -0.1) is 0 Å². The molecule has 2 atom stereocenters. The highest BCUT2D eigenvalue weighted by molar-refractivity contribution is 7.80. The minimum atomic E-state index is -1.09. The molecule has 0 radical (unpaired) electrons. The van der Waals surface area contributed by atoms with Gasteiger partial charge in [0.15, 0.2) is 0 Å². The number of amides is 3. The highest BCUT2D eigenvalue weighted by Crippen LogP contribution is 2.26. The van der Waals surface area contributed by atoms with Gasteiger partial charge < -0.3 is 30.1 Å². The monoisotopic (exact) mass is 517 g/mol. The number of aliphatic hydroxyl groups is 1. The van der Waals surface area contributed by atoms with Gasteiger partial charge in [0, 0.05) is 18.0 Å².